The molecule has 2 aromatic rings. The van der Waals surface area contributed by atoms with Crippen molar-refractivity contribution in [3.05, 3.63) is 46.5 Å². The molecule has 1 saturated heterocycles. The highest BCUT2D eigenvalue weighted by atomic mass is 16.5. The number of aryl methyl sites for hydroxylation is 2. The largest absolute Gasteiger partial charge is 0.493 e. The van der Waals surface area contributed by atoms with Crippen LogP contribution in [0.3, 0.4) is 0 Å². The number of ether oxygens (including phenoxy) is 4. The Balaban J connectivity index is 1.36. The summed E-state index contributed by atoms with van der Waals surface area (Å²) in [6, 6.07) is 7.96. The summed E-state index contributed by atoms with van der Waals surface area (Å²) in [6.07, 6.45) is 0.667. The summed E-state index contributed by atoms with van der Waals surface area (Å²) in [5, 5.41) is 0. The SMILES string of the molecule is COc1cc2c(c(OC)c1OC)C(=O)C(N1CCN(CCOc3c(C)cccc3C)CC1)C2. The Morgan fingerprint density at radius 3 is 2.18 bits per heavy atom. The topological polar surface area (TPSA) is 60.5 Å². The third-order valence-corrected chi connectivity index (χ3v) is 6.78. The van der Waals surface area contributed by atoms with Gasteiger partial charge in [0.1, 0.15) is 12.4 Å². The van der Waals surface area contributed by atoms with E-state index < -0.39 is 0 Å². The van der Waals surface area contributed by atoms with Crippen LogP contribution in [0.4, 0.5) is 0 Å². The molecule has 4 rings (SSSR count). The summed E-state index contributed by atoms with van der Waals surface area (Å²) in [4.78, 5) is 18.1. The molecule has 2 aromatic carbocycles. The smallest absolute Gasteiger partial charge is 0.204 e. The fourth-order valence-electron chi connectivity index (χ4n) is 5.00. The minimum absolute atomic E-state index is 0.106. The number of hydrogen-bond acceptors (Lipinski definition) is 7. The number of piperazine rings is 1. The number of fused-ring (bicyclic) bond motifs is 1. The molecule has 0 saturated carbocycles. The molecule has 7 heteroatoms. The maximum atomic E-state index is 13.4. The molecule has 0 amide bonds. The average molecular weight is 455 g/mol. The van der Waals surface area contributed by atoms with Gasteiger partial charge in [0.15, 0.2) is 17.3 Å². The predicted molar refractivity (Wildman–Crippen MR) is 127 cm³/mol. The van der Waals surface area contributed by atoms with E-state index >= 15 is 0 Å². The minimum Gasteiger partial charge on any atom is -0.493 e. The van der Waals surface area contributed by atoms with Crippen LogP contribution in [0.25, 0.3) is 0 Å². The van der Waals surface area contributed by atoms with E-state index in [0.717, 1.165) is 44.0 Å². The number of methoxy groups -OCH3 is 3. The quantitative estimate of drug-likeness (QED) is 0.607. The van der Waals surface area contributed by atoms with Crippen molar-refractivity contribution >= 4 is 5.78 Å². The van der Waals surface area contributed by atoms with Crippen LogP contribution in [0, 0.1) is 13.8 Å². The molecular formula is C26H34N2O5. The third kappa shape index (κ3) is 4.52. The molecule has 1 atom stereocenters. The highest BCUT2D eigenvalue weighted by molar-refractivity contribution is 6.07. The molecule has 1 unspecified atom stereocenters. The maximum absolute atomic E-state index is 13.4. The number of carbonyl (C=O) groups excluding carboxylic acids is 1. The van der Waals surface area contributed by atoms with Crippen molar-refractivity contribution in [2.75, 3.05) is 60.7 Å². The first-order valence-electron chi connectivity index (χ1n) is 11.5. The van der Waals surface area contributed by atoms with Gasteiger partial charge in [0.2, 0.25) is 5.75 Å². The van der Waals surface area contributed by atoms with E-state index in [2.05, 4.69) is 41.8 Å². The summed E-state index contributed by atoms with van der Waals surface area (Å²) in [5.74, 6) is 2.64. The van der Waals surface area contributed by atoms with Crippen molar-refractivity contribution in [2.45, 2.75) is 26.3 Å². The zero-order chi connectivity index (χ0) is 23.5. The monoisotopic (exact) mass is 454 g/mol. The van der Waals surface area contributed by atoms with E-state index in [9.17, 15) is 4.79 Å². The summed E-state index contributed by atoms with van der Waals surface area (Å²) < 4.78 is 22.6. The lowest BCUT2D eigenvalue weighted by molar-refractivity contribution is 0.0665. The lowest BCUT2D eigenvalue weighted by Crippen LogP contribution is -2.52. The highest BCUT2D eigenvalue weighted by Crippen LogP contribution is 2.45. The number of carbonyl (C=O) groups is 1. The number of nitrogens with zero attached hydrogens (tertiary/aromatic N) is 2. The zero-order valence-corrected chi connectivity index (χ0v) is 20.3. The Labute approximate surface area is 196 Å². The standard InChI is InChI=1S/C26H34N2O5/c1-17-7-6-8-18(2)24(17)33-14-13-27-9-11-28(12-10-27)20-15-19-16-21(30-3)25(31-4)26(32-5)22(19)23(20)29/h6-8,16,20H,9-15H2,1-5H3. The van der Waals surface area contributed by atoms with E-state index in [1.54, 1.807) is 21.3 Å². The van der Waals surface area contributed by atoms with Gasteiger partial charge in [0.05, 0.1) is 32.9 Å². The van der Waals surface area contributed by atoms with Crippen molar-refractivity contribution in [3.8, 4) is 23.0 Å². The molecule has 0 bridgehead atoms. The highest BCUT2D eigenvalue weighted by Gasteiger charge is 2.40. The molecule has 1 heterocycles. The Kier molecular flexibility index (Phi) is 7.10. The summed E-state index contributed by atoms with van der Waals surface area (Å²) in [5.41, 5.74) is 3.93. The molecule has 0 radical (unpaired) electrons. The second kappa shape index (κ2) is 10.0. The van der Waals surface area contributed by atoms with Gasteiger partial charge >= 0.3 is 0 Å². The van der Waals surface area contributed by atoms with Gasteiger partial charge < -0.3 is 18.9 Å². The van der Waals surface area contributed by atoms with E-state index in [1.807, 2.05) is 6.07 Å². The molecule has 0 aromatic heterocycles. The van der Waals surface area contributed by atoms with Gasteiger partial charge in [-0.3, -0.25) is 14.6 Å². The molecule has 178 valence electrons. The summed E-state index contributed by atoms with van der Waals surface area (Å²) >= 11 is 0. The Morgan fingerprint density at radius 2 is 1.58 bits per heavy atom. The minimum atomic E-state index is -0.168. The van der Waals surface area contributed by atoms with Crippen LogP contribution in [-0.2, 0) is 6.42 Å². The molecule has 0 N–H and O–H groups in total. The number of Topliss-reactive ketones (excluding diaryl/α,β-unsaturated/α-hetero) is 1. The molecule has 7 nitrogen and oxygen atoms in total. The lowest BCUT2D eigenvalue weighted by atomic mass is 10.1. The second-order valence-corrected chi connectivity index (χ2v) is 8.71. The normalized spacial score (nSPS) is 18.8. The van der Waals surface area contributed by atoms with Crippen LogP contribution < -0.4 is 18.9 Å². The van der Waals surface area contributed by atoms with Gasteiger partial charge in [0.25, 0.3) is 0 Å². The van der Waals surface area contributed by atoms with E-state index in [-0.39, 0.29) is 11.8 Å². The maximum Gasteiger partial charge on any atom is 0.204 e. The van der Waals surface area contributed by atoms with Crippen molar-refractivity contribution in [1.29, 1.82) is 0 Å². The predicted octanol–water partition coefficient (Wildman–Crippen LogP) is 3.13. The van der Waals surface area contributed by atoms with Gasteiger partial charge in [-0.05, 0) is 43.0 Å². The van der Waals surface area contributed by atoms with Crippen molar-refractivity contribution in [1.82, 2.24) is 9.80 Å². The molecule has 1 fully saturated rings. The fourth-order valence-corrected chi connectivity index (χ4v) is 5.00. The van der Waals surface area contributed by atoms with Crippen LogP contribution in [0.1, 0.15) is 27.0 Å². The van der Waals surface area contributed by atoms with Crippen LogP contribution in [0.5, 0.6) is 23.0 Å². The first-order valence-corrected chi connectivity index (χ1v) is 11.5. The van der Waals surface area contributed by atoms with Gasteiger partial charge in [-0.15, -0.1) is 0 Å². The molecule has 1 aliphatic heterocycles. The second-order valence-electron chi connectivity index (χ2n) is 8.71. The first kappa shape index (κ1) is 23.4. The van der Waals surface area contributed by atoms with E-state index in [0.29, 0.717) is 35.8 Å². The average Bonchev–Trinajstić information content (AvgIpc) is 3.16. The Bertz CT molecular complexity index is 994. The van der Waals surface area contributed by atoms with Crippen molar-refractivity contribution < 1.29 is 23.7 Å². The third-order valence-electron chi connectivity index (χ3n) is 6.78. The van der Waals surface area contributed by atoms with Crippen molar-refractivity contribution in [3.63, 3.8) is 0 Å². The van der Waals surface area contributed by atoms with E-state index in [1.165, 1.54) is 11.1 Å². The molecule has 2 aliphatic rings. The number of ketones is 1. The summed E-state index contributed by atoms with van der Waals surface area (Å²) in [7, 11) is 4.73. The van der Waals surface area contributed by atoms with E-state index in [4.69, 9.17) is 18.9 Å². The number of para-hydroxylation sites is 1. The Morgan fingerprint density at radius 1 is 0.909 bits per heavy atom. The van der Waals surface area contributed by atoms with Crippen LogP contribution in [0.2, 0.25) is 0 Å². The lowest BCUT2D eigenvalue weighted by Gasteiger charge is -2.37. The molecule has 0 spiro atoms. The molecule has 1 aliphatic carbocycles. The van der Waals surface area contributed by atoms with Gasteiger partial charge in [-0.1, -0.05) is 18.2 Å². The van der Waals surface area contributed by atoms with Gasteiger partial charge in [-0.2, -0.15) is 0 Å². The fraction of sp³-hybridized carbons (Fsp3) is 0.500. The number of rotatable bonds is 8. The Hall–Kier alpha value is -2.77. The van der Waals surface area contributed by atoms with Gasteiger partial charge in [0, 0.05) is 32.7 Å². The summed E-state index contributed by atoms with van der Waals surface area (Å²) in [6.45, 7) is 9.24. The van der Waals surface area contributed by atoms with Crippen LogP contribution in [0.15, 0.2) is 24.3 Å². The van der Waals surface area contributed by atoms with Crippen LogP contribution in [-0.4, -0.2) is 82.3 Å². The van der Waals surface area contributed by atoms with Crippen molar-refractivity contribution in [2.24, 2.45) is 0 Å². The zero-order valence-electron chi connectivity index (χ0n) is 20.3. The number of benzene rings is 2. The van der Waals surface area contributed by atoms with Gasteiger partial charge in [-0.25, -0.2) is 0 Å². The first-order chi connectivity index (χ1) is 16.0. The molecule has 33 heavy (non-hydrogen) atoms. The van der Waals surface area contributed by atoms with Crippen LogP contribution >= 0.6 is 0 Å². The number of hydrogen-bond donors (Lipinski definition) is 0. The molecular weight excluding hydrogens is 420 g/mol.